The number of unbranched alkanes of at least 4 members (excludes halogenated alkanes) is 1. The summed E-state index contributed by atoms with van der Waals surface area (Å²) in [6.45, 7) is 1.95. The Morgan fingerprint density at radius 3 is 2.69 bits per heavy atom. The quantitative estimate of drug-likeness (QED) is 0.421. The third kappa shape index (κ3) is 4.76. The van der Waals surface area contributed by atoms with Crippen molar-refractivity contribution in [3.05, 3.63) is 63.2 Å². The molecule has 29 heavy (non-hydrogen) atoms. The number of halogens is 2. The van der Waals surface area contributed by atoms with E-state index < -0.39 is 12.1 Å². The molecule has 148 valence electrons. The Labute approximate surface area is 182 Å². The average molecular weight is 474 g/mol. The number of aryl methyl sites for hydroxylation is 1. The van der Waals surface area contributed by atoms with Gasteiger partial charge in [0.25, 0.3) is 0 Å². The SMILES string of the molecule is Cc1nc2ccc(Br)cc2c(-c2ccc(Cl)cc2)c1C(OCCCC#N)C(=O)O. The van der Waals surface area contributed by atoms with Gasteiger partial charge in [-0.05, 0) is 54.8 Å². The molecule has 0 spiro atoms. The first-order valence-electron chi connectivity index (χ1n) is 8.99. The standard InChI is InChI=1S/C22H18BrClN2O3/c1-13-19(21(22(27)28)29-11-3-2-10-25)20(14-4-7-16(24)8-5-14)17-12-15(23)6-9-18(17)26-13/h4-9,12,21H,2-3,11H2,1H3,(H,27,28). The van der Waals surface area contributed by atoms with Crippen molar-refractivity contribution in [1.82, 2.24) is 4.98 Å². The van der Waals surface area contributed by atoms with Gasteiger partial charge in [-0.2, -0.15) is 5.26 Å². The van der Waals surface area contributed by atoms with Crippen molar-refractivity contribution >= 4 is 44.4 Å². The number of pyridine rings is 1. The minimum Gasteiger partial charge on any atom is -0.479 e. The third-order valence-electron chi connectivity index (χ3n) is 4.51. The van der Waals surface area contributed by atoms with Gasteiger partial charge in [0.15, 0.2) is 6.10 Å². The molecule has 0 aliphatic carbocycles. The van der Waals surface area contributed by atoms with Crippen LogP contribution in [0.1, 0.15) is 30.2 Å². The molecule has 7 heteroatoms. The number of rotatable bonds is 7. The van der Waals surface area contributed by atoms with Gasteiger partial charge in [0.2, 0.25) is 0 Å². The minimum atomic E-state index is -1.20. The highest BCUT2D eigenvalue weighted by atomic mass is 79.9. The van der Waals surface area contributed by atoms with Crippen LogP contribution >= 0.6 is 27.5 Å². The second-order valence-electron chi connectivity index (χ2n) is 6.50. The van der Waals surface area contributed by atoms with E-state index >= 15 is 0 Å². The minimum absolute atomic E-state index is 0.167. The summed E-state index contributed by atoms with van der Waals surface area (Å²) in [5, 5.41) is 20.0. The van der Waals surface area contributed by atoms with Crippen LogP contribution in [0.4, 0.5) is 0 Å². The largest absolute Gasteiger partial charge is 0.479 e. The van der Waals surface area contributed by atoms with Crippen molar-refractivity contribution in [1.29, 1.82) is 5.26 Å². The predicted octanol–water partition coefficient (Wildman–Crippen LogP) is 6.07. The molecule has 1 N–H and O–H groups in total. The Hall–Kier alpha value is -2.46. The Balaban J connectivity index is 2.25. The molecule has 1 heterocycles. The van der Waals surface area contributed by atoms with E-state index in [4.69, 9.17) is 21.6 Å². The van der Waals surface area contributed by atoms with E-state index in [0.717, 1.165) is 26.5 Å². The molecule has 0 radical (unpaired) electrons. The number of nitrogens with zero attached hydrogens (tertiary/aromatic N) is 2. The van der Waals surface area contributed by atoms with E-state index in [1.54, 1.807) is 19.1 Å². The maximum absolute atomic E-state index is 12.1. The maximum Gasteiger partial charge on any atom is 0.337 e. The molecule has 1 atom stereocenters. The topological polar surface area (TPSA) is 83.2 Å². The van der Waals surface area contributed by atoms with Gasteiger partial charge in [-0.3, -0.25) is 4.98 Å². The Morgan fingerprint density at radius 2 is 2.03 bits per heavy atom. The van der Waals surface area contributed by atoms with Gasteiger partial charge in [-0.25, -0.2) is 4.79 Å². The van der Waals surface area contributed by atoms with Crippen LogP contribution in [0.25, 0.3) is 22.0 Å². The molecule has 5 nitrogen and oxygen atoms in total. The number of hydrogen-bond acceptors (Lipinski definition) is 4. The summed E-state index contributed by atoms with van der Waals surface area (Å²) in [6.07, 6.45) is -0.435. The van der Waals surface area contributed by atoms with Crippen molar-refractivity contribution in [3.63, 3.8) is 0 Å². The van der Waals surface area contributed by atoms with E-state index in [2.05, 4.69) is 20.9 Å². The molecule has 3 aromatic rings. The zero-order valence-corrected chi connectivity index (χ0v) is 18.0. The predicted molar refractivity (Wildman–Crippen MR) is 116 cm³/mol. The number of nitriles is 1. The number of hydrogen-bond donors (Lipinski definition) is 1. The van der Waals surface area contributed by atoms with Gasteiger partial charge >= 0.3 is 5.97 Å². The van der Waals surface area contributed by atoms with Crippen LogP contribution in [-0.4, -0.2) is 22.7 Å². The lowest BCUT2D eigenvalue weighted by atomic mass is 9.91. The lowest BCUT2D eigenvalue weighted by Crippen LogP contribution is -2.19. The molecule has 3 rings (SSSR count). The summed E-state index contributed by atoms with van der Waals surface area (Å²) >= 11 is 9.55. The van der Waals surface area contributed by atoms with Crippen molar-refractivity contribution in [2.45, 2.75) is 25.9 Å². The van der Waals surface area contributed by atoms with E-state index in [1.165, 1.54) is 0 Å². The van der Waals surface area contributed by atoms with Crippen LogP contribution in [0.15, 0.2) is 46.9 Å². The lowest BCUT2D eigenvalue weighted by molar-refractivity contribution is -0.151. The van der Waals surface area contributed by atoms with Crippen LogP contribution in [-0.2, 0) is 9.53 Å². The number of carbonyl (C=O) groups is 1. The molecule has 2 aromatic carbocycles. The smallest absolute Gasteiger partial charge is 0.337 e. The second kappa shape index (κ2) is 9.36. The fourth-order valence-electron chi connectivity index (χ4n) is 3.25. The van der Waals surface area contributed by atoms with Gasteiger partial charge in [0.05, 0.1) is 11.6 Å². The zero-order valence-electron chi connectivity index (χ0n) is 15.7. The monoisotopic (exact) mass is 472 g/mol. The second-order valence-corrected chi connectivity index (χ2v) is 7.86. The van der Waals surface area contributed by atoms with Crippen molar-refractivity contribution < 1.29 is 14.6 Å². The molecular formula is C22H18BrClN2O3. The molecule has 0 amide bonds. The normalized spacial score (nSPS) is 11.9. The highest BCUT2D eigenvalue weighted by Crippen LogP contribution is 2.39. The van der Waals surface area contributed by atoms with Crippen molar-refractivity contribution in [3.8, 4) is 17.2 Å². The van der Waals surface area contributed by atoms with E-state index in [0.29, 0.717) is 29.1 Å². The summed E-state index contributed by atoms with van der Waals surface area (Å²) < 4.78 is 6.57. The fourth-order valence-corrected chi connectivity index (χ4v) is 3.74. The van der Waals surface area contributed by atoms with E-state index in [1.807, 2.05) is 36.4 Å². The summed E-state index contributed by atoms with van der Waals surface area (Å²) in [7, 11) is 0. The summed E-state index contributed by atoms with van der Waals surface area (Å²) in [4.78, 5) is 16.7. The zero-order chi connectivity index (χ0) is 21.0. The number of ether oxygens (including phenoxy) is 1. The van der Waals surface area contributed by atoms with Crippen LogP contribution in [0.3, 0.4) is 0 Å². The molecular weight excluding hydrogens is 456 g/mol. The first-order valence-corrected chi connectivity index (χ1v) is 10.2. The molecule has 0 saturated heterocycles. The lowest BCUT2D eigenvalue weighted by Gasteiger charge is -2.21. The van der Waals surface area contributed by atoms with Crippen LogP contribution < -0.4 is 0 Å². The first kappa shape index (κ1) is 21.3. The van der Waals surface area contributed by atoms with Crippen LogP contribution in [0.2, 0.25) is 5.02 Å². The highest BCUT2D eigenvalue weighted by Gasteiger charge is 2.28. The summed E-state index contributed by atoms with van der Waals surface area (Å²) in [5.41, 5.74) is 3.41. The molecule has 0 saturated carbocycles. The molecule has 1 unspecified atom stereocenters. The number of fused-ring (bicyclic) bond motifs is 1. The molecule has 0 fully saturated rings. The molecule has 0 bridgehead atoms. The number of aliphatic carboxylic acids is 1. The third-order valence-corrected chi connectivity index (χ3v) is 5.26. The van der Waals surface area contributed by atoms with Gasteiger partial charge in [-0.15, -0.1) is 0 Å². The highest BCUT2D eigenvalue weighted by molar-refractivity contribution is 9.10. The van der Waals surface area contributed by atoms with Gasteiger partial charge in [0, 0.05) is 39.2 Å². The van der Waals surface area contributed by atoms with Crippen molar-refractivity contribution in [2.75, 3.05) is 6.61 Å². The fraction of sp³-hybridized carbons (Fsp3) is 0.227. The number of aromatic nitrogens is 1. The average Bonchev–Trinajstić information content (AvgIpc) is 2.69. The van der Waals surface area contributed by atoms with Crippen LogP contribution in [0, 0.1) is 18.3 Å². The Morgan fingerprint density at radius 1 is 1.31 bits per heavy atom. The molecule has 0 aliphatic rings. The number of carboxylic acids is 1. The van der Waals surface area contributed by atoms with Gasteiger partial charge in [-0.1, -0.05) is 39.7 Å². The maximum atomic E-state index is 12.1. The van der Waals surface area contributed by atoms with E-state index in [9.17, 15) is 9.90 Å². The summed E-state index contributed by atoms with van der Waals surface area (Å²) in [5.74, 6) is -1.10. The van der Waals surface area contributed by atoms with Crippen molar-refractivity contribution in [2.24, 2.45) is 0 Å². The van der Waals surface area contributed by atoms with Gasteiger partial charge < -0.3 is 9.84 Å². The van der Waals surface area contributed by atoms with Gasteiger partial charge in [0.1, 0.15) is 0 Å². The van der Waals surface area contributed by atoms with E-state index in [-0.39, 0.29) is 6.61 Å². The molecule has 1 aromatic heterocycles. The Kier molecular flexibility index (Phi) is 6.86. The van der Waals surface area contributed by atoms with Crippen LogP contribution in [0.5, 0.6) is 0 Å². The Bertz CT molecular complexity index is 1090. The number of carboxylic acid groups (broad SMARTS) is 1. The summed E-state index contributed by atoms with van der Waals surface area (Å²) in [6, 6.07) is 15.0. The number of benzene rings is 2. The molecule has 0 aliphatic heterocycles. The first-order chi connectivity index (χ1) is 13.9.